The Kier molecular flexibility index (Phi) is 7.64. The van der Waals surface area contributed by atoms with Crippen LogP contribution in [0.25, 0.3) is 0 Å². The minimum Gasteiger partial charge on any atom is -1.00 e. The molecule has 0 spiro atoms. The molecule has 1 amide bonds. The van der Waals surface area contributed by atoms with Crippen molar-refractivity contribution >= 4 is 34.2 Å². The molecule has 0 saturated carbocycles. The van der Waals surface area contributed by atoms with Crippen LogP contribution in [0.15, 0.2) is 76.8 Å². The lowest BCUT2D eigenvalue weighted by atomic mass is 10.2. The van der Waals surface area contributed by atoms with Crippen molar-refractivity contribution in [3.05, 3.63) is 71.8 Å². The molecule has 0 radical (unpaired) electrons. The molecule has 0 bridgehead atoms. The summed E-state index contributed by atoms with van der Waals surface area (Å²) in [5.41, 5.74) is 5.19. The van der Waals surface area contributed by atoms with Crippen LogP contribution in [-0.4, -0.2) is 30.8 Å². The number of rotatable bonds is 5. The predicted molar refractivity (Wildman–Crippen MR) is 121 cm³/mol. The number of hydrogen-bond acceptors (Lipinski definition) is 6. The molecule has 4 rings (SSSR count). The van der Waals surface area contributed by atoms with Gasteiger partial charge in [0.25, 0.3) is 5.91 Å². The van der Waals surface area contributed by atoms with Crippen molar-refractivity contribution in [2.75, 3.05) is 30.1 Å². The lowest BCUT2D eigenvalue weighted by molar-refractivity contribution is -0.113. The molecule has 0 saturated heterocycles. The third-order valence-electron chi connectivity index (χ3n) is 4.41. The molecular weight excluding hydrogens is 480 g/mol. The number of benzene rings is 2. The Morgan fingerprint density at radius 1 is 1.23 bits per heavy atom. The van der Waals surface area contributed by atoms with Gasteiger partial charge in [0.05, 0.1) is 12.2 Å². The summed E-state index contributed by atoms with van der Waals surface area (Å²) in [6, 6.07) is 14.9. The summed E-state index contributed by atoms with van der Waals surface area (Å²) in [4.78, 5) is 18.5. The van der Waals surface area contributed by atoms with E-state index < -0.39 is 0 Å². The number of hydrazine groups is 1. The first-order valence-electron chi connectivity index (χ1n) is 9.52. The fraction of sp³-hybridized carbons (Fsp3) is 0.182. The van der Waals surface area contributed by atoms with E-state index in [1.54, 1.807) is 11.1 Å². The minimum absolute atomic E-state index is 0. The number of aliphatic imine (C=N–C) groups is 1. The van der Waals surface area contributed by atoms with Gasteiger partial charge in [-0.15, -0.1) is 6.58 Å². The van der Waals surface area contributed by atoms with Crippen LogP contribution in [0.1, 0.15) is 6.92 Å². The summed E-state index contributed by atoms with van der Waals surface area (Å²) in [6.45, 7) is 7.10. The number of fused-ring (bicyclic) bond motifs is 1. The molecule has 0 aliphatic carbocycles. The number of nitrogens with zero attached hydrogens (tertiary/aromatic N) is 2. The summed E-state index contributed by atoms with van der Waals surface area (Å²) in [5, 5.41) is 5.36. The molecule has 2 aromatic rings. The van der Waals surface area contributed by atoms with Gasteiger partial charge >= 0.3 is 0 Å². The molecule has 0 aromatic heterocycles. The predicted octanol–water partition coefficient (Wildman–Crippen LogP) is 0.932. The van der Waals surface area contributed by atoms with Crippen LogP contribution in [0.4, 0.5) is 11.4 Å². The number of anilines is 2. The SMILES string of the molecule is C=CCN=C1NN(c2ccc3c(c2)OCCO3)C(C(=O)Nc2ccccc2)=C(C)S1.[Br-]. The quantitative estimate of drug-likeness (QED) is 0.593. The van der Waals surface area contributed by atoms with E-state index >= 15 is 0 Å². The summed E-state index contributed by atoms with van der Waals surface area (Å²) in [5.74, 6) is 1.10. The highest BCUT2D eigenvalue weighted by Crippen LogP contribution is 2.37. The van der Waals surface area contributed by atoms with Crippen LogP contribution in [0.3, 0.4) is 0 Å². The molecule has 2 aliphatic rings. The van der Waals surface area contributed by atoms with E-state index in [0.717, 1.165) is 16.3 Å². The molecule has 162 valence electrons. The number of carbonyl (C=O) groups excluding carboxylic acids is 1. The molecule has 2 aliphatic heterocycles. The third kappa shape index (κ3) is 5.23. The maximum atomic E-state index is 13.2. The highest BCUT2D eigenvalue weighted by Gasteiger charge is 2.29. The van der Waals surface area contributed by atoms with Crippen LogP contribution in [0, 0.1) is 0 Å². The van der Waals surface area contributed by atoms with Crippen molar-refractivity contribution in [3.8, 4) is 11.5 Å². The summed E-state index contributed by atoms with van der Waals surface area (Å²) in [7, 11) is 0. The van der Waals surface area contributed by atoms with E-state index in [4.69, 9.17) is 9.47 Å². The zero-order chi connectivity index (χ0) is 20.9. The number of carbonyl (C=O) groups is 1. The Labute approximate surface area is 195 Å². The Balaban J connectivity index is 0.00000272. The maximum Gasteiger partial charge on any atom is 0.275 e. The van der Waals surface area contributed by atoms with Crippen molar-refractivity contribution in [2.45, 2.75) is 6.92 Å². The van der Waals surface area contributed by atoms with E-state index in [1.807, 2.05) is 55.5 Å². The van der Waals surface area contributed by atoms with Gasteiger partial charge in [0, 0.05) is 16.7 Å². The lowest BCUT2D eigenvalue weighted by Crippen LogP contribution is -3.00. The molecule has 0 atom stereocenters. The van der Waals surface area contributed by atoms with E-state index in [0.29, 0.717) is 42.1 Å². The molecule has 0 unspecified atom stereocenters. The van der Waals surface area contributed by atoms with Gasteiger partial charge in [-0.3, -0.25) is 15.2 Å². The largest absolute Gasteiger partial charge is 1.00 e. The van der Waals surface area contributed by atoms with Gasteiger partial charge in [-0.25, -0.2) is 5.01 Å². The first-order chi connectivity index (χ1) is 14.7. The normalized spacial score (nSPS) is 16.3. The van der Waals surface area contributed by atoms with Gasteiger partial charge in [-0.2, -0.15) is 0 Å². The van der Waals surface area contributed by atoms with Crippen LogP contribution in [0.5, 0.6) is 11.5 Å². The molecule has 0 fully saturated rings. The van der Waals surface area contributed by atoms with Gasteiger partial charge in [0.15, 0.2) is 16.7 Å². The maximum absolute atomic E-state index is 13.2. The van der Waals surface area contributed by atoms with Crippen molar-refractivity contribution in [1.29, 1.82) is 0 Å². The first-order valence-corrected chi connectivity index (χ1v) is 10.3. The monoisotopic (exact) mass is 501 g/mol. The summed E-state index contributed by atoms with van der Waals surface area (Å²) < 4.78 is 11.3. The molecule has 7 nitrogen and oxygen atoms in total. The Morgan fingerprint density at radius 2 is 1.97 bits per heavy atom. The number of allylic oxidation sites excluding steroid dienone is 1. The summed E-state index contributed by atoms with van der Waals surface area (Å²) in [6.07, 6.45) is 1.72. The van der Waals surface area contributed by atoms with Crippen molar-refractivity contribution in [1.82, 2.24) is 5.43 Å². The van der Waals surface area contributed by atoms with Gasteiger partial charge in [0.2, 0.25) is 0 Å². The Bertz CT molecular complexity index is 1030. The number of nitrogens with one attached hydrogen (secondary N) is 2. The standard InChI is InChI=1S/C22H22N4O3S.BrH/c1-3-11-23-22-25-26(17-9-10-18-19(14-17)29-13-12-28-18)20(15(2)30-22)21(27)24-16-7-5-4-6-8-16;/h3-10,14H,1,11-13H2,2H3,(H,23,25)(H,24,27);1H/p-1. The van der Waals surface area contributed by atoms with Crippen LogP contribution in [-0.2, 0) is 4.79 Å². The van der Waals surface area contributed by atoms with Gasteiger partial charge in [-0.1, -0.05) is 36.0 Å². The molecular formula is C22H22BrN4O3S-. The van der Waals surface area contributed by atoms with Crippen LogP contribution < -0.4 is 42.2 Å². The molecule has 2 aromatic carbocycles. The smallest absolute Gasteiger partial charge is 0.275 e. The van der Waals surface area contributed by atoms with Gasteiger partial charge < -0.3 is 31.8 Å². The zero-order valence-corrected chi connectivity index (χ0v) is 19.3. The number of halogens is 1. The number of ether oxygens (including phenoxy) is 2. The molecule has 9 heteroatoms. The van der Waals surface area contributed by atoms with Crippen LogP contribution >= 0.6 is 11.8 Å². The second-order valence-corrected chi connectivity index (χ2v) is 7.74. The van der Waals surface area contributed by atoms with E-state index in [1.165, 1.54) is 11.8 Å². The highest BCUT2D eigenvalue weighted by molar-refractivity contribution is 8.17. The second-order valence-electron chi connectivity index (χ2n) is 6.54. The topological polar surface area (TPSA) is 75.2 Å². The van der Waals surface area contributed by atoms with Crippen LogP contribution in [0.2, 0.25) is 0 Å². The second kappa shape index (κ2) is 10.4. The number of amides is 1. The highest BCUT2D eigenvalue weighted by atomic mass is 79.9. The molecule has 2 N–H and O–H groups in total. The zero-order valence-electron chi connectivity index (χ0n) is 16.9. The fourth-order valence-corrected chi connectivity index (χ4v) is 3.92. The number of para-hydroxylation sites is 1. The molecule has 2 heterocycles. The van der Waals surface area contributed by atoms with Crippen molar-refractivity contribution < 1.29 is 31.2 Å². The Hall–Kier alpha value is -2.91. The molecule has 31 heavy (non-hydrogen) atoms. The lowest BCUT2D eigenvalue weighted by Gasteiger charge is -2.34. The first kappa shape index (κ1) is 22.8. The fourth-order valence-electron chi connectivity index (χ4n) is 3.08. The van der Waals surface area contributed by atoms with Crippen molar-refractivity contribution in [2.24, 2.45) is 4.99 Å². The van der Waals surface area contributed by atoms with Gasteiger partial charge in [-0.05, 0) is 31.2 Å². The third-order valence-corrected chi connectivity index (χ3v) is 5.32. The number of thioether (sulfide) groups is 1. The Morgan fingerprint density at radius 3 is 2.71 bits per heavy atom. The average Bonchev–Trinajstić information content (AvgIpc) is 2.77. The van der Waals surface area contributed by atoms with E-state index in [2.05, 4.69) is 22.3 Å². The minimum atomic E-state index is -0.226. The van der Waals surface area contributed by atoms with Crippen molar-refractivity contribution in [3.63, 3.8) is 0 Å². The van der Waals surface area contributed by atoms with Gasteiger partial charge in [0.1, 0.15) is 18.9 Å². The number of amidine groups is 1. The number of hydrogen-bond donors (Lipinski definition) is 2. The van der Waals surface area contributed by atoms with E-state index in [-0.39, 0.29) is 22.9 Å². The van der Waals surface area contributed by atoms with E-state index in [9.17, 15) is 4.79 Å². The summed E-state index contributed by atoms with van der Waals surface area (Å²) >= 11 is 1.41. The average molecular weight is 502 g/mol.